The Balaban J connectivity index is 1.62. The Bertz CT molecular complexity index is 865. The molecule has 154 valence electrons. The zero-order chi connectivity index (χ0) is 20.8. The highest BCUT2D eigenvalue weighted by atomic mass is 32.1. The van der Waals surface area contributed by atoms with E-state index in [1.807, 2.05) is 5.38 Å². The number of carbonyl (C=O) groups excluding carboxylic acids is 3. The Kier molecular flexibility index (Phi) is 7.04. The summed E-state index contributed by atoms with van der Waals surface area (Å²) in [4.78, 5) is 38.0. The molecule has 1 fully saturated rings. The molecule has 0 spiro atoms. The number of anilines is 1. The lowest BCUT2D eigenvalue weighted by Crippen LogP contribution is -2.46. The van der Waals surface area contributed by atoms with Crippen molar-refractivity contribution in [2.75, 3.05) is 5.32 Å². The highest BCUT2D eigenvalue weighted by Crippen LogP contribution is 2.24. The Hall–Kier alpha value is -2.67. The van der Waals surface area contributed by atoms with E-state index in [2.05, 4.69) is 17.6 Å². The number of nitrogens with one attached hydrogen (secondary N) is 2. The Labute approximate surface area is 174 Å². The van der Waals surface area contributed by atoms with E-state index in [0.717, 1.165) is 19.3 Å². The molecular formula is C22H26N2O4S. The van der Waals surface area contributed by atoms with Gasteiger partial charge in [0.1, 0.15) is 0 Å². The van der Waals surface area contributed by atoms with Crippen molar-refractivity contribution in [2.45, 2.75) is 51.7 Å². The summed E-state index contributed by atoms with van der Waals surface area (Å²) in [5, 5.41) is 7.55. The minimum atomic E-state index is -0.919. The van der Waals surface area contributed by atoms with Crippen LogP contribution in [-0.2, 0) is 9.53 Å². The maximum atomic E-state index is 12.7. The highest BCUT2D eigenvalue weighted by Gasteiger charge is 2.27. The third-order valence-electron chi connectivity index (χ3n) is 5.23. The van der Waals surface area contributed by atoms with Crippen LogP contribution < -0.4 is 10.6 Å². The zero-order valence-electron chi connectivity index (χ0n) is 16.6. The normalized spacial score (nSPS) is 19.8. The fraction of sp³-hybridized carbons (Fsp3) is 0.409. The number of carbonyl (C=O) groups is 3. The van der Waals surface area contributed by atoms with E-state index in [4.69, 9.17) is 4.74 Å². The lowest BCUT2D eigenvalue weighted by Gasteiger charge is -2.30. The van der Waals surface area contributed by atoms with E-state index in [1.54, 1.807) is 43.3 Å². The minimum absolute atomic E-state index is 0.120. The van der Waals surface area contributed by atoms with Crippen LogP contribution >= 0.6 is 11.3 Å². The van der Waals surface area contributed by atoms with Gasteiger partial charge in [-0.2, -0.15) is 0 Å². The summed E-state index contributed by atoms with van der Waals surface area (Å²) in [6.07, 6.45) is 3.41. The average molecular weight is 415 g/mol. The maximum Gasteiger partial charge on any atom is 0.341 e. The van der Waals surface area contributed by atoms with Crippen LogP contribution in [0.2, 0.25) is 0 Å². The first-order valence-corrected chi connectivity index (χ1v) is 10.8. The van der Waals surface area contributed by atoms with Crippen LogP contribution in [0.25, 0.3) is 0 Å². The first-order chi connectivity index (χ1) is 14.0. The standard InChI is InChI=1S/C22H26N2O4S/c1-14-8-3-5-10-17(14)23-20(25)15(2)28-22(27)16-9-4-6-11-18(16)24-21(26)19-12-7-13-29-19/h4,6-7,9,11-15,17H,3,5,8,10H2,1-2H3,(H,23,25)(H,24,26). The van der Waals surface area contributed by atoms with Crippen molar-refractivity contribution < 1.29 is 19.1 Å². The molecule has 1 aromatic carbocycles. The van der Waals surface area contributed by atoms with E-state index in [1.165, 1.54) is 17.8 Å². The second-order valence-corrected chi connectivity index (χ2v) is 8.35. The fourth-order valence-corrected chi connectivity index (χ4v) is 4.09. The summed E-state index contributed by atoms with van der Waals surface area (Å²) >= 11 is 1.31. The molecule has 1 heterocycles. The molecule has 7 heteroatoms. The molecule has 3 unspecified atom stereocenters. The van der Waals surface area contributed by atoms with Crippen LogP contribution in [0.5, 0.6) is 0 Å². The molecule has 0 radical (unpaired) electrons. The number of rotatable bonds is 6. The predicted molar refractivity (Wildman–Crippen MR) is 113 cm³/mol. The number of benzene rings is 1. The smallest absolute Gasteiger partial charge is 0.341 e. The van der Waals surface area contributed by atoms with Gasteiger partial charge in [0.2, 0.25) is 0 Å². The second-order valence-electron chi connectivity index (χ2n) is 7.40. The second kappa shape index (κ2) is 9.69. The molecule has 2 N–H and O–H groups in total. The summed E-state index contributed by atoms with van der Waals surface area (Å²) in [5.74, 6) is -0.815. The zero-order valence-corrected chi connectivity index (χ0v) is 17.5. The molecule has 6 nitrogen and oxygen atoms in total. The first kappa shape index (κ1) is 21.0. The molecule has 1 aromatic heterocycles. The highest BCUT2D eigenvalue weighted by molar-refractivity contribution is 7.12. The summed E-state index contributed by atoms with van der Waals surface area (Å²) < 4.78 is 5.39. The van der Waals surface area contributed by atoms with Crippen LogP contribution in [0.4, 0.5) is 5.69 Å². The number of amides is 2. The summed E-state index contributed by atoms with van der Waals surface area (Å²) in [6, 6.07) is 10.2. The van der Waals surface area contributed by atoms with Crippen molar-refractivity contribution in [1.82, 2.24) is 5.32 Å². The van der Waals surface area contributed by atoms with Crippen LogP contribution in [0.1, 0.15) is 59.6 Å². The Morgan fingerprint density at radius 3 is 2.59 bits per heavy atom. The van der Waals surface area contributed by atoms with Crippen LogP contribution in [-0.4, -0.2) is 29.9 Å². The molecule has 1 saturated carbocycles. The molecule has 2 aromatic rings. The van der Waals surface area contributed by atoms with Crippen molar-refractivity contribution in [2.24, 2.45) is 5.92 Å². The van der Waals surface area contributed by atoms with E-state index < -0.39 is 12.1 Å². The maximum absolute atomic E-state index is 12.7. The summed E-state index contributed by atoms with van der Waals surface area (Å²) in [5.41, 5.74) is 0.563. The van der Waals surface area contributed by atoms with Gasteiger partial charge in [-0.1, -0.05) is 38.0 Å². The van der Waals surface area contributed by atoms with Crippen LogP contribution in [0.15, 0.2) is 41.8 Å². The average Bonchev–Trinajstić information content (AvgIpc) is 3.25. The van der Waals surface area contributed by atoms with Gasteiger partial charge in [0, 0.05) is 6.04 Å². The van der Waals surface area contributed by atoms with Gasteiger partial charge < -0.3 is 15.4 Å². The Morgan fingerprint density at radius 2 is 1.86 bits per heavy atom. The lowest BCUT2D eigenvalue weighted by atomic mass is 9.86. The van der Waals surface area contributed by atoms with Crippen molar-refractivity contribution in [3.05, 3.63) is 52.2 Å². The topological polar surface area (TPSA) is 84.5 Å². The van der Waals surface area contributed by atoms with Gasteiger partial charge in [-0.15, -0.1) is 11.3 Å². The Morgan fingerprint density at radius 1 is 1.10 bits per heavy atom. The van der Waals surface area contributed by atoms with Crippen molar-refractivity contribution in [1.29, 1.82) is 0 Å². The third-order valence-corrected chi connectivity index (χ3v) is 6.10. The fourth-order valence-electron chi connectivity index (χ4n) is 3.47. The van der Waals surface area contributed by atoms with E-state index >= 15 is 0 Å². The summed E-state index contributed by atoms with van der Waals surface area (Å²) in [6.45, 7) is 3.70. The number of para-hydroxylation sites is 1. The third kappa shape index (κ3) is 5.44. The molecular weight excluding hydrogens is 388 g/mol. The number of esters is 1. The number of hydrogen-bond acceptors (Lipinski definition) is 5. The van der Waals surface area contributed by atoms with Gasteiger partial charge in [-0.3, -0.25) is 9.59 Å². The van der Waals surface area contributed by atoms with Gasteiger partial charge in [-0.05, 0) is 49.3 Å². The minimum Gasteiger partial charge on any atom is -0.449 e. The van der Waals surface area contributed by atoms with E-state index in [0.29, 0.717) is 16.5 Å². The molecule has 3 atom stereocenters. The van der Waals surface area contributed by atoms with E-state index in [9.17, 15) is 14.4 Å². The molecule has 29 heavy (non-hydrogen) atoms. The van der Waals surface area contributed by atoms with Crippen LogP contribution in [0, 0.1) is 5.92 Å². The SMILES string of the molecule is CC(OC(=O)c1ccccc1NC(=O)c1cccs1)C(=O)NC1CCCCC1C. The van der Waals surface area contributed by atoms with E-state index in [-0.39, 0.29) is 23.4 Å². The monoisotopic (exact) mass is 414 g/mol. The first-order valence-electron chi connectivity index (χ1n) is 9.91. The molecule has 1 aliphatic carbocycles. The lowest BCUT2D eigenvalue weighted by molar-refractivity contribution is -0.130. The molecule has 0 bridgehead atoms. The van der Waals surface area contributed by atoms with Crippen molar-refractivity contribution in [3.8, 4) is 0 Å². The molecule has 1 aliphatic rings. The van der Waals surface area contributed by atoms with Gasteiger partial charge in [0.15, 0.2) is 6.10 Å². The molecule has 0 saturated heterocycles. The molecule has 2 amide bonds. The number of ether oxygens (including phenoxy) is 1. The number of thiophene rings is 1. The van der Waals surface area contributed by atoms with Gasteiger partial charge in [-0.25, -0.2) is 4.79 Å². The van der Waals surface area contributed by atoms with Gasteiger partial charge in [0.05, 0.1) is 16.1 Å². The van der Waals surface area contributed by atoms with Crippen LogP contribution in [0.3, 0.4) is 0 Å². The molecule has 3 rings (SSSR count). The number of hydrogen-bond donors (Lipinski definition) is 2. The molecule has 0 aliphatic heterocycles. The van der Waals surface area contributed by atoms with Gasteiger partial charge in [0.25, 0.3) is 11.8 Å². The van der Waals surface area contributed by atoms with Crippen molar-refractivity contribution in [3.63, 3.8) is 0 Å². The largest absolute Gasteiger partial charge is 0.449 e. The quantitative estimate of drug-likeness (QED) is 0.693. The predicted octanol–water partition coefficient (Wildman–Crippen LogP) is 4.24. The van der Waals surface area contributed by atoms with Gasteiger partial charge >= 0.3 is 5.97 Å². The van der Waals surface area contributed by atoms with Crippen molar-refractivity contribution >= 4 is 34.8 Å². The summed E-state index contributed by atoms with van der Waals surface area (Å²) in [7, 11) is 0.